The third-order valence-corrected chi connectivity index (χ3v) is 3.27. The average Bonchev–Trinajstić information content (AvgIpc) is 3.01. The van der Waals surface area contributed by atoms with Crippen LogP contribution >= 0.6 is 0 Å². The Bertz CT molecular complexity index is 388. The molecule has 1 aromatic rings. The van der Waals surface area contributed by atoms with E-state index in [1.54, 1.807) is 11.0 Å². The third kappa shape index (κ3) is 1.94. The Balaban J connectivity index is 1.63. The molecule has 6 nitrogen and oxygen atoms in total. The van der Waals surface area contributed by atoms with Crippen molar-refractivity contribution in [2.45, 2.75) is 18.6 Å². The minimum absolute atomic E-state index is 0.115. The monoisotopic (exact) mass is 238 g/mol. The highest BCUT2D eigenvalue weighted by molar-refractivity contribution is 5.91. The number of nitrogens with zero attached hydrogens (tertiary/aromatic N) is 2. The lowest BCUT2D eigenvalue weighted by Crippen LogP contribution is -2.47. The van der Waals surface area contributed by atoms with Gasteiger partial charge in [-0.05, 0) is 0 Å². The molecule has 6 heteroatoms. The van der Waals surface area contributed by atoms with Gasteiger partial charge in [0.25, 0.3) is 5.91 Å². The molecule has 92 valence electrons. The predicted octanol–water partition coefficient (Wildman–Crippen LogP) is 0.654. The number of ether oxygens (including phenoxy) is 2. The zero-order valence-electron chi connectivity index (χ0n) is 9.42. The van der Waals surface area contributed by atoms with Crippen LogP contribution in [0.15, 0.2) is 16.8 Å². The lowest BCUT2D eigenvalue weighted by molar-refractivity contribution is -0.181. The maximum Gasteiger partial charge on any atom is 0.292 e. The van der Waals surface area contributed by atoms with Crippen LogP contribution in [-0.4, -0.2) is 48.1 Å². The molecule has 0 unspecified atom stereocenters. The van der Waals surface area contributed by atoms with Crippen molar-refractivity contribution < 1.29 is 18.8 Å². The van der Waals surface area contributed by atoms with Crippen LogP contribution in [0.2, 0.25) is 0 Å². The molecule has 0 N–H and O–H groups in total. The fourth-order valence-electron chi connectivity index (χ4n) is 2.32. The van der Waals surface area contributed by atoms with Gasteiger partial charge in [-0.2, -0.15) is 0 Å². The molecule has 0 aromatic carbocycles. The van der Waals surface area contributed by atoms with Crippen LogP contribution in [0.3, 0.4) is 0 Å². The van der Waals surface area contributed by atoms with Gasteiger partial charge in [0.05, 0.1) is 19.4 Å². The number of carbonyl (C=O) groups excluding carboxylic acids is 1. The van der Waals surface area contributed by atoms with E-state index in [1.807, 2.05) is 0 Å². The molecule has 0 saturated carbocycles. The first kappa shape index (κ1) is 10.7. The number of likely N-dealkylation sites (tertiary alicyclic amines) is 1. The molecule has 17 heavy (non-hydrogen) atoms. The smallest absolute Gasteiger partial charge is 0.292 e. The first-order valence-corrected chi connectivity index (χ1v) is 5.77. The Kier molecular flexibility index (Phi) is 2.60. The second kappa shape index (κ2) is 4.12. The highest BCUT2D eigenvalue weighted by Crippen LogP contribution is 2.31. The summed E-state index contributed by atoms with van der Waals surface area (Å²) in [5, 5.41) is 3.54. The van der Waals surface area contributed by atoms with E-state index in [2.05, 4.69) is 5.16 Å². The van der Waals surface area contributed by atoms with E-state index >= 15 is 0 Å². The fourth-order valence-corrected chi connectivity index (χ4v) is 2.32. The molecule has 1 amide bonds. The molecule has 2 aliphatic rings. The molecule has 0 radical (unpaired) electrons. The van der Waals surface area contributed by atoms with Gasteiger partial charge in [-0.3, -0.25) is 4.79 Å². The maximum absolute atomic E-state index is 12.0. The van der Waals surface area contributed by atoms with Gasteiger partial charge in [0, 0.05) is 32.0 Å². The van der Waals surface area contributed by atoms with Gasteiger partial charge < -0.3 is 18.9 Å². The third-order valence-electron chi connectivity index (χ3n) is 3.27. The summed E-state index contributed by atoms with van der Waals surface area (Å²) >= 11 is 0. The summed E-state index contributed by atoms with van der Waals surface area (Å²) in [6.45, 7) is 2.55. The van der Waals surface area contributed by atoms with Crippen LogP contribution in [0.1, 0.15) is 23.4 Å². The summed E-state index contributed by atoms with van der Waals surface area (Å²) in [6, 6.07) is 1.58. The Morgan fingerprint density at radius 2 is 2.00 bits per heavy atom. The topological polar surface area (TPSA) is 64.8 Å². The first-order valence-electron chi connectivity index (χ1n) is 5.77. The second-order valence-electron chi connectivity index (χ2n) is 4.28. The minimum atomic E-state index is -0.446. The van der Waals surface area contributed by atoms with E-state index in [0.29, 0.717) is 39.1 Å². The normalized spacial score (nSPS) is 23.2. The summed E-state index contributed by atoms with van der Waals surface area (Å²) in [5.41, 5.74) is 0. The van der Waals surface area contributed by atoms with Gasteiger partial charge in [0.2, 0.25) is 5.76 Å². The standard InChI is InChI=1S/C11H14N2O4/c14-10(9-1-4-12-17-9)13-5-2-11(3-6-13)15-7-8-16-11/h1,4H,2-3,5-8H2. The van der Waals surface area contributed by atoms with Crippen molar-refractivity contribution in [3.05, 3.63) is 18.0 Å². The van der Waals surface area contributed by atoms with Gasteiger partial charge in [-0.25, -0.2) is 0 Å². The number of hydrogen-bond acceptors (Lipinski definition) is 5. The van der Waals surface area contributed by atoms with Crippen LogP contribution in [0.5, 0.6) is 0 Å². The average molecular weight is 238 g/mol. The quantitative estimate of drug-likeness (QED) is 0.719. The Morgan fingerprint density at radius 3 is 2.59 bits per heavy atom. The van der Waals surface area contributed by atoms with E-state index in [1.165, 1.54) is 6.20 Å². The van der Waals surface area contributed by atoms with Crippen LogP contribution in [-0.2, 0) is 9.47 Å². The maximum atomic E-state index is 12.0. The van der Waals surface area contributed by atoms with Crippen molar-refractivity contribution in [3.8, 4) is 0 Å². The largest absolute Gasteiger partial charge is 0.351 e. The van der Waals surface area contributed by atoms with Crippen molar-refractivity contribution in [3.63, 3.8) is 0 Å². The lowest BCUT2D eigenvalue weighted by Gasteiger charge is -2.37. The molecule has 2 fully saturated rings. The van der Waals surface area contributed by atoms with Gasteiger partial charge in [0.15, 0.2) is 5.79 Å². The predicted molar refractivity (Wildman–Crippen MR) is 56.3 cm³/mol. The van der Waals surface area contributed by atoms with Crippen molar-refractivity contribution >= 4 is 5.91 Å². The molecule has 3 rings (SSSR count). The molecule has 1 aromatic heterocycles. The van der Waals surface area contributed by atoms with Crippen molar-refractivity contribution in [2.75, 3.05) is 26.3 Å². The van der Waals surface area contributed by atoms with Crippen LogP contribution in [0, 0.1) is 0 Å². The zero-order chi connectivity index (χ0) is 11.7. The number of amides is 1. The summed E-state index contributed by atoms with van der Waals surface area (Å²) < 4.78 is 16.1. The number of aromatic nitrogens is 1. The summed E-state index contributed by atoms with van der Waals surface area (Å²) in [4.78, 5) is 13.7. The van der Waals surface area contributed by atoms with E-state index in [0.717, 1.165) is 0 Å². The minimum Gasteiger partial charge on any atom is -0.351 e. The van der Waals surface area contributed by atoms with Crippen LogP contribution < -0.4 is 0 Å². The van der Waals surface area contributed by atoms with E-state index < -0.39 is 5.79 Å². The Morgan fingerprint density at radius 1 is 1.29 bits per heavy atom. The van der Waals surface area contributed by atoms with Crippen LogP contribution in [0.4, 0.5) is 0 Å². The summed E-state index contributed by atoms with van der Waals surface area (Å²) in [7, 11) is 0. The fraction of sp³-hybridized carbons (Fsp3) is 0.636. The first-order chi connectivity index (χ1) is 8.29. The highest BCUT2D eigenvalue weighted by atomic mass is 16.7. The van der Waals surface area contributed by atoms with Crippen molar-refractivity contribution in [1.82, 2.24) is 10.1 Å². The molecular formula is C11H14N2O4. The van der Waals surface area contributed by atoms with Crippen LogP contribution in [0.25, 0.3) is 0 Å². The van der Waals surface area contributed by atoms with Gasteiger partial charge >= 0.3 is 0 Å². The van der Waals surface area contributed by atoms with Gasteiger partial charge in [0.1, 0.15) is 0 Å². The second-order valence-corrected chi connectivity index (χ2v) is 4.28. The molecular weight excluding hydrogens is 224 g/mol. The molecule has 0 bridgehead atoms. The number of piperidine rings is 1. The van der Waals surface area contributed by atoms with Gasteiger partial charge in [-0.1, -0.05) is 5.16 Å². The Labute approximate surface area is 98.5 Å². The highest BCUT2D eigenvalue weighted by Gasteiger charge is 2.41. The van der Waals surface area contributed by atoms with Crippen molar-refractivity contribution in [2.24, 2.45) is 0 Å². The SMILES string of the molecule is O=C(c1ccno1)N1CCC2(CC1)OCCO2. The molecule has 2 aliphatic heterocycles. The molecule has 1 spiro atoms. The summed E-state index contributed by atoms with van der Waals surface area (Å²) in [6.07, 6.45) is 2.90. The zero-order valence-corrected chi connectivity index (χ0v) is 9.42. The molecule has 0 atom stereocenters. The number of hydrogen-bond donors (Lipinski definition) is 0. The number of carbonyl (C=O) groups is 1. The molecule has 3 heterocycles. The summed E-state index contributed by atoms with van der Waals surface area (Å²) in [5.74, 6) is -0.275. The van der Waals surface area contributed by atoms with E-state index in [-0.39, 0.29) is 11.7 Å². The Hall–Kier alpha value is -1.40. The van der Waals surface area contributed by atoms with E-state index in [9.17, 15) is 4.79 Å². The molecule has 0 aliphatic carbocycles. The van der Waals surface area contributed by atoms with Crippen molar-refractivity contribution in [1.29, 1.82) is 0 Å². The van der Waals surface area contributed by atoms with Gasteiger partial charge in [-0.15, -0.1) is 0 Å². The number of rotatable bonds is 1. The van der Waals surface area contributed by atoms with E-state index in [4.69, 9.17) is 14.0 Å². The lowest BCUT2D eigenvalue weighted by atomic mass is 10.0. The molecule has 2 saturated heterocycles.